The minimum Gasteiger partial charge on any atom is -0.250 e. The lowest BCUT2D eigenvalue weighted by atomic mass is 10.2. The molecule has 1 atom stereocenters. The summed E-state index contributed by atoms with van der Waals surface area (Å²) >= 11 is 0. The lowest BCUT2D eigenvalue weighted by Crippen LogP contribution is -2.04. The number of halogens is 5. The van der Waals surface area contributed by atoms with Gasteiger partial charge in [-0.1, -0.05) is 16.7 Å². The molecule has 0 radical (unpaired) electrons. The zero-order valence-corrected chi connectivity index (χ0v) is 12.0. The van der Waals surface area contributed by atoms with E-state index in [-0.39, 0.29) is 5.56 Å². The van der Waals surface area contributed by atoms with Crippen LogP contribution in [0.25, 0.3) is 0 Å². The van der Waals surface area contributed by atoms with Crippen LogP contribution in [0.3, 0.4) is 0 Å². The Kier molecular flexibility index (Phi) is 4.66. The molecule has 0 saturated heterocycles. The molecule has 0 aliphatic heterocycles. The molecule has 0 heterocycles. The van der Waals surface area contributed by atoms with Gasteiger partial charge in [0, 0.05) is 11.8 Å². The van der Waals surface area contributed by atoms with Gasteiger partial charge in [0.05, 0.1) is 0 Å². The first-order chi connectivity index (χ1) is 10.3. The highest BCUT2D eigenvalue weighted by Gasteiger charge is 2.25. The minimum atomic E-state index is -2.24. The molecule has 0 aliphatic rings. The third-order valence-corrected chi connectivity index (χ3v) is 3.88. The van der Waals surface area contributed by atoms with Crippen molar-refractivity contribution in [1.82, 2.24) is 0 Å². The Labute approximate surface area is 123 Å². The molecule has 2 rings (SSSR count). The summed E-state index contributed by atoms with van der Waals surface area (Å²) in [6.45, 7) is 1.42. The first-order valence-electron chi connectivity index (χ1n) is 5.90. The second-order valence-corrected chi connectivity index (χ2v) is 5.71. The molecule has 114 valence electrons. The lowest BCUT2D eigenvalue weighted by Gasteiger charge is -2.03. The molecule has 1 unspecified atom stereocenters. The van der Waals surface area contributed by atoms with E-state index in [1.54, 1.807) is 12.1 Å². The Morgan fingerprint density at radius 3 is 1.95 bits per heavy atom. The van der Waals surface area contributed by atoms with Crippen molar-refractivity contribution in [2.24, 2.45) is 4.99 Å². The number of hydrogen-bond acceptors (Lipinski definition) is 2. The van der Waals surface area contributed by atoms with E-state index in [1.165, 1.54) is 18.8 Å². The zero-order valence-electron chi connectivity index (χ0n) is 11.1. The predicted octanol–water partition coefficient (Wildman–Crippen LogP) is 4.22. The summed E-state index contributed by atoms with van der Waals surface area (Å²) in [4.78, 5) is 3.33. The molecule has 0 N–H and O–H groups in total. The van der Waals surface area contributed by atoms with Crippen molar-refractivity contribution in [3.05, 3.63) is 58.9 Å². The molecule has 0 fully saturated rings. The van der Waals surface area contributed by atoms with Gasteiger partial charge in [-0.05, 0) is 12.1 Å². The number of aliphatic imine (C=N–C) groups is 1. The molecular weight excluding hydrogens is 324 g/mol. The first kappa shape index (κ1) is 16.2. The van der Waals surface area contributed by atoms with Crippen molar-refractivity contribution < 1.29 is 26.5 Å². The number of rotatable bonds is 3. The average Bonchev–Trinajstić information content (AvgIpc) is 2.51. The summed E-state index contributed by atoms with van der Waals surface area (Å²) in [7, 11) is -1.77. The Hall–Kier alpha value is -2.14. The van der Waals surface area contributed by atoms with E-state index in [2.05, 4.69) is 4.99 Å². The molecule has 0 bridgehead atoms. The van der Waals surface area contributed by atoms with Crippen LogP contribution in [0.4, 0.5) is 27.6 Å². The summed E-state index contributed by atoms with van der Waals surface area (Å²) in [5, 5.41) is 0.352. The van der Waals surface area contributed by atoms with Gasteiger partial charge >= 0.3 is 7.80 Å². The van der Waals surface area contributed by atoms with Gasteiger partial charge in [0.2, 0.25) is 5.82 Å². The maximum absolute atomic E-state index is 13.5. The fourth-order valence-electron chi connectivity index (χ4n) is 1.72. The largest absolute Gasteiger partial charge is 0.374 e. The third kappa shape index (κ3) is 2.90. The maximum Gasteiger partial charge on any atom is 0.374 e. The zero-order chi connectivity index (χ0) is 16.4. The predicted molar refractivity (Wildman–Crippen MR) is 73.1 cm³/mol. The van der Waals surface area contributed by atoms with Crippen LogP contribution in [-0.4, -0.2) is 12.9 Å². The standard InChI is InChI=1S/C14H8F5NOP/c1-22(21)8-5-3-2-4-7(8)6-20-14-12(18)10(16)9(15)11(17)13(14)19/h2-6H,1H3/q+1. The van der Waals surface area contributed by atoms with E-state index >= 15 is 0 Å². The molecule has 0 amide bonds. The van der Waals surface area contributed by atoms with Gasteiger partial charge in [-0.25, -0.2) is 26.9 Å². The van der Waals surface area contributed by atoms with E-state index in [4.69, 9.17) is 0 Å². The summed E-state index contributed by atoms with van der Waals surface area (Å²) in [5.74, 6) is -10.4. The SMILES string of the molecule is C[P+](=O)c1ccccc1C=Nc1c(F)c(F)c(F)c(F)c1F. The minimum absolute atomic E-state index is 0.259. The van der Waals surface area contributed by atoms with Gasteiger partial charge in [-0.15, -0.1) is 0 Å². The average molecular weight is 332 g/mol. The third-order valence-electron chi connectivity index (χ3n) is 2.80. The molecule has 8 heteroatoms. The molecule has 0 aliphatic carbocycles. The molecule has 2 aromatic carbocycles. The second kappa shape index (κ2) is 6.32. The lowest BCUT2D eigenvalue weighted by molar-refractivity contribution is 0.381. The van der Waals surface area contributed by atoms with Crippen LogP contribution in [0.5, 0.6) is 0 Å². The van der Waals surface area contributed by atoms with Crippen LogP contribution < -0.4 is 5.30 Å². The van der Waals surface area contributed by atoms with E-state index in [0.717, 1.165) is 6.21 Å². The van der Waals surface area contributed by atoms with Gasteiger partial charge < -0.3 is 0 Å². The fourth-order valence-corrected chi connectivity index (χ4v) is 2.52. The highest BCUT2D eigenvalue weighted by Crippen LogP contribution is 2.29. The molecule has 0 aromatic heterocycles. The number of benzene rings is 2. The van der Waals surface area contributed by atoms with E-state index < -0.39 is 42.6 Å². The topological polar surface area (TPSA) is 29.4 Å². The summed E-state index contributed by atoms with van der Waals surface area (Å²) in [6.07, 6.45) is 0.907. The quantitative estimate of drug-likeness (QED) is 0.272. The summed E-state index contributed by atoms with van der Waals surface area (Å²) < 4.78 is 77.5. The smallest absolute Gasteiger partial charge is 0.250 e. The Balaban J connectivity index is 2.55. The van der Waals surface area contributed by atoms with Crippen molar-refractivity contribution in [3.63, 3.8) is 0 Å². The summed E-state index contributed by atoms with van der Waals surface area (Å²) in [5.41, 5.74) is -1.03. The van der Waals surface area contributed by atoms with Gasteiger partial charge in [0.1, 0.15) is 12.4 Å². The molecular formula is C14H8F5NOP+. The van der Waals surface area contributed by atoms with Crippen LogP contribution in [0, 0.1) is 29.1 Å². The molecule has 0 spiro atoms. The second-order valence-electron chi connectivity index (χ2n) is 4.23. The van der Waals surface area contributed by atoms with Gasteiger partial charge in [0.25, 0.3) is 0 Å². The van der Waals surface area contributed by atoms with Gasteiger partial charge in [0.15, 0.2) is 28.6 Å². The molecule has 0 saturated carbocycles. The highest BCUT2D eigenvalue weighted by atomic mass is 31.1. The summed E-state index contributed by atoms with van der Waals surface area (Å²) in [6, 6.07) is 6.13. The maximum atomic E-state index is 13.5. The molecule has 22 heavy (non-hydrogen) atoms. The van der Waals surface area contributed by atoms with Crippen molar-refractivity contribution in [2.45, 2.75) is 0 Å². The van der Waals surface area contributed by atoms with Crippen LogP contribution in [-0.2, 0) is 4.57 Å². The van der Waals surface area contributed by atoms with Crippen LogP contribution in [0.15, 0.2) is 29.3 Å². The Bertz CT molecular complexity index is 762. The molecule has 2 aromatic rings. The van der Waals surface area contributed by atoms with Crippen molar-refractivity contribution in [2.75, 3.05) is 6.66 Å². The van der Waals surface area contributed by atoms with Gasteiger partial charge in [-0.3, -0.25) is 0 Å². The van der Waals surface area contributed by atoms with E-state index in [0.29, 0.717) is 5.30 Å². The number of hydrogen-bond donors (Lipinski definition) is 0. The van der Waals surface area contributed by atoms with E-state index in [1.807, 2.05) is 0 Å². The van der Waals surface area contributed by atoms with Crippen LogP contribution >= 0.6 is 7.80 Å². The Morgan fingerprint density at radius 1 is 0.909 bits per heavy atom. The van der Waals surface area contributed by atoms with E-state index in [9.17, 15) is 26.5 Å². The normalized spacial score (nSPS) is 12.0. The first-order valence-corrected chi connectivity index (χ1v) is 7.60. The molecule has 2 nitrogen and oxygen atoms in total. The van der Waals surface area contributed by atoms with Crippen molar-refractivity contribution >= 4 is 25.0 Å². The van der Waals surface area contributed by atoms with Crippen molar-refractivity contribution in [1.29, 1.82) is 0 Å². The monoisotopic (exact) mass is 332 g/mol. The number of nitrogens with zero attached hydrogens (tertiary/aromatic N) is 1. The van der Waals surface area contributed by atoms with Crippen LogP contribution in [0.1, 0.15) is 5.56 Å². The van der Waals surface area contributed by atoms with Crippen molar-refractivity contribution in [3.8, 4) is 0 Å². The Morgan fingerprint density at radius 2 is 1.41 bits per heavy atom. The van der Waals surface area contributed by atoms with Gasteiger partial charge in [-0.2, -0.15) is 0 Å². The highest BCUT2D eigenvalue weighted by molar-refractivity contribution is 7.52. The van der Waals surface area contributed by atoms with Crippen LogP contribution in [0.2, 0.25) is 0 Å². The fraction of sp³-hybridized carbons (Fsp3) is 0.0714.